The average Bonchev–Trinajstić information content (AvgIpc) is 3.53. The fourth-order valence-corrected chi connectivity index (χ4v) is 4.15. The molecule has 9 nitrogen and oxygen atoms in total. The lowest BCUT2D eigenvalue weighted by Gasteiger charge is -2.33. The highest BCUT2D eigenvalue weighted by Gasteiger charge is 2.34. The van der Waals surface area contributed by atoms with E-state index in [2.05, 4.69) is 15.6 Å². The van der Waals surface area contributed by atoms with Crippen LogP contribution in [0.3, 0.4) is 0 Å². The Morgan fingerprint density at radius 1 is 1.26 bits per heavy atom. The fourth-order valence-electron chi connectivity index (χ4n) is 3.44. The number of nitrogens with one attached hydrogen (secondary N) is 2. The minimum Gasteiger partial charge on any atom is -0.459 e. The number of likely N-dealkylation sites (tertiary alicyclic amines) is 1. The van der Waals surface area contributed by atoms with Gasteiger partial charge in [0.05, 0.1) is 12.8 Å². The molecule has 0 radical (unpaired) electrons. The lowest BCUT2D eigenvalue weighted by atomic mass is 10.0. The van der Waals surface area contributed by atoms with Gasteiger partial charge in [0.2, 0.25) is 11.8 Å². The molecule has 1 unspecified atom stereocenters. The van der Waals surface area contributed by atoms with E-state index in [4.69, 9.17) is 8.83 Å². The van der Waals surface area contributed by atoms with Gasteiger partial charge in [-0.1, -0.05) is 0 Å². The molecule has 1 aliphatic heterocycles. The van der Waals surface area contributed by atoms with Crippen LogP contribution in [0.1, 0.15) is 42.5 Å². The maximum atomic E-state index is 12.9. The van der Waals surface area contributed by atoms with Crippen molar-refractivity contribution in [3.05, 3.63) is 47.4 Å². The van der Waals surface area contributed by atoms with E-state index in [0.29, 0.717) is 41.9 Å². The molecule has 0 spiro atoms. The van der Waals surface area contributed by atoms with Gasteiger partial charge in [-0.15, -0.1) is 11.3 Å². The molecule has 3 amide bonds. The van der Waals surface area contributed by atoms with Crippen molar-refractivity contribution in [2.45, 2.75) is 38.8 Å². The molecule has 1 saturated heterocycles. The average molecular weight is 442 g/mol. The number of carbonyl (C=O) groups excluding carboxylic acids is 3. The molecular formula is C21H22N4O5S. The normalized spacial score (nSPS) is 16.2. The lowest BCUT2D eigenvalue weighted by molar-refractivity contribution is -0.121. The molecule has 0 aromatic carbocycles. The van der Waals surface area contributed by atoms with Gasteiger partial charge in [0.25, 0.3) is 5.91 Å². The van der Waals surface area contributed by atoms with E-state index < -0.39 is 6.04 Å². The van der Waals surface area contributed by atoms with Crippen LogP contribution < -0.4 is 10.6 Å². The van der Waals surface area contributed by atoms with Crippen LogP contribution in [0.25, 0.3) is 11.5 Å². The Bertz CT molecular complexity index is 1070. The molecule has 162 valence electrons. The molecule has 1 atom stereocenters. The Hall–Kier alpha value is -3.40. The number of hydrogen-bond donors (Lipinski definition) is 2. The summed E-state index contributed by atoms with van der Waals surface area (Å²) in [6.45, 7) is 2.24. The molecule has 31 heavy (non-hydrogen) atoms. The highest BCUT2D eigenvalue weighted by atomic mass is 32.1. The van der Waals surface area contributed by atoms with Crippen molar-refractivity contribution < 1.29 is 23.2 Å². The molecule has 3 aromatic heterocycles. The maximum absolute atomic E-state index is 12.9. The van der Waals surface area contributed by atoms with Crippen LogP contribution in [-0.2, 0) is 16.1 Å². The number of piperidine rings is 1. The van der Waals surface area contributed by atoms with Crippen LogP contribution in [0.15, 0.2) is 44.7 Å². The number of thiazole rings is 1. The van der Waals surface area contributed by atoms with E-state index in [9.17, 15) is 14.4 Å². The zero-order valence-electron chi connectivity index (χ0n) is 16.9. The SMILES string of the molecule is CC(=O)NCc1ccc(-c2csc(NC(=O)C3CCCCN3C(=O)c3ccco3)n2)o1. The second-order valence-corrected chi connectivity index (χ2v) is 8.05. The molecule has 0 bridgehead atoms. The van der Waals surface area contributed by atoms with Gasteiger partial charge in [-0.25, -0.2) is 4.98 Å². The van der Waals surface area contributed by atoms with Gasteiger partial charge >= 0.3 is 0 Å². The summed E-state index contributed by atoms with van der Waals surface area (Å²) in [6.07, 6.45) is 3.74. The molecule has 0 aliphatic carbocycles. The second kappa shape index (κ2) is 9.17. The first-order valence-corrected chi connectivity index (χ1v) is 10.8. The fraction of sp³-hybridized carbons (Fsp3) is 0.333. The number of amides is 3. The van der Waals surface area contributed by atoms with E-state index in [1.54, 1.807) is 34.5 Å². The maximum Gasteiger partial charge on any atom is 0.290 e. The second-order valence-electron chi connectivity index (χ2n) is 7.19. The first kappa shape index (κ1) is 20.9. The number of aromatic nitrogens is 1. The minimum absolute atomic E-state index is 0.140. The summed E-state index contributed by atoms with van der Waals surface area (Å²) in [6, 6.07) is 6.21. The monoisotopic (exact) mass is 442 g/mol. The van der Waals surface area contributed by atoms with Crippen molar-refractivity contribution in [2.24, 2.45) is 0 Å². The van der Waals surface area contributed by atoms with Gasteiger partial charge in [0, 0.05) is 18.8 Å². The van der Waals surface area contributed by atoms with Gasteiger partial charge in [-0.05, 0) is 43.5 Å². The number of rotatable bonds is 6. The van der Waals surface area contributed by atoms with E-state index in [1.165, 1.54) is 24.5 Å². The van der Waals surface area contributed by atoms with Crippen LogP contribution in [-0.4, -0.2) is 40.2 Å². The largest absolute Gasteiger partial charge is 0.459 e. The van der Waals surface area contributed by atoms with Gasteiger partial charge in [-0.2, -0.15) is 0 Å². The summed E-state index contributed by atoms with van der Waals surface area (Å²) in [4.78, 5) is 42.7. The number of anilines is 1. The minimum atomic E-state index is -0.577. The summed E-state index contributed by atoms with van der Waals surface area (Å²) >= 11 is 1.28. The third-order valence-electron chi connectivity index (χ3n) is 4.96. The molecule has 1 fully saturated rings. The lowest BCUT2D eigenvalue weighted by Crippen LogP contribution is -2.49. The topological polar surface area (TPSA) is 118 Å². The summed E-state index contributed by atoms with van der Waals surface area (Å²) in [5.41, 5.74) is 0.585. The summed E-state index contributed by atoms with van der Waals surface area (Å²) in [7, 11) is 0. The predicted octanol–water partition coefficient (Wildman–Crippen LogP) is 3.27. The van der Waals surface area contributed by atoms with Crippen LogP contribution in [0.5, 0.6) is 0 Å². The van der Waals surface area contributed by atoms with Crippen molar-refractivity contribution in [2.75, 3.05) is 11.9 Å². The molecule has 4 heterocycles. The van der Waals surface area contributed by atoms with Crippen molar-refractivity contribution in [3.63, 3.8) is 0 Å². The third-order valence-corrected chi connectivity index (χ3v) is 5.72. The number of nitrogens with zero attached hydrogens (tertiary/aromatic N) is 2. The number of hydrogen-bond acceptors (Lipinski definition) is 7. The van der Waals surface area contributed by atoms with E-state index in [0.717, 1.165) is 12.8 Å². The first-order chi connectivity index (χ1) is 15.0. The number of carbonyl (C=O) groups is 3. The Labute approximate surface area is 182 Å². The first-order valence-electron chi connectivity index (χ1n) is 9.95. The van der Waals surface area contributed by atoms with Crippen molar-refractivity contribution >= 4 is 34.2 Å². The van der Waals surface area contributed by atoms with Gasteiger partial charge in [0.1, 0.15) is 17.5 Å². The quantitative estimate of drug-likeness (QED) is 0.605. The van der Waals surface area contributed by atoms with Gasteiger partial charge in [-0.3, -0.25) is 14.4 Å². The van der Waals surface area contributed by atoms with Crippen LogP contribution in [0.4, 0.5) is 5.13 Å². The van der Waals surface area contributed by atoms with Gasteiger partial charge in [0.15, 0.2) is 16.7 Å². The van der Waals surface area contributed by atoms with E-state index in [-0.39, 0.29) is 23.5 Å². The zero-order chi connectivity index (χ0) is 21.8. The third kappa shape index (κ3) is 4.85. The summed E-state index contributed by atoms with van der Waals surface area (Å²) in [5.74, 6) is 0.684. The Kier molecular flexibility index (Phi) is 6.17. The summed E-state index contributed by atoms with van der Waals surface area (Å²) in [5, 5.41) is 7.70. The van der Waals surface area contributed by atoms with Crippen molar-refractivity contribution in [1.29, 1.82) is 0 Å². The Balaban J connectivity index is 1.42. The Morgan fingerprint density at radius 3 is 2.90 bits per heavy atom. The molecular weight excluding hydrogens is 420 g/mol. The highest BCUT2D eigenvalue weighted by molar-refractivity contribution is 7.14. The smallest absolute Gasteiger partial charge is 0.290 e. The van der Waals surface area contributed by atoms with E-state index >= 15 is 0 Å². The highest BCUT2D eigenvalue weighted by Crippen LogP contribution is 2.28. The van der Waals surface area contributed by atoms with E-state index in [1.807, 2.05) is 0 Å². The zero-order valence-corrected chi connectivity index (χ0v) is 17.7. The molecule has 3 aromatic rings. The molecule has 10 heteroatoms. The molecule has 2 N–H and O–H groups in total. The molecule has 1 aliphatic rings. The van der Waals surface area contributed by atoms with Crippen LogP contribution in [0.2, 0.25) is 0 Å². The Morgan fingerprint density at radius 2 is 2.13 bits per heavy atom. The molecule has 0 saturated carbocycles. The van der Waals surface area contributed by atoms with Crippen molar-refractivity contribution in [1.82, 2.24) is 15.2 Å². The van der Waals surface area contributed by atoms with Gasteiger partial charge < -0.3 is 24.4 Å². The van der Waals surface area contributed by atoms with Crippen molar-refractivity contribution in [3.8, 4) is 11.5 Å². The standard InChI is InChI=1S/C21H22N4O5S/c1-13(26)22-11-14-7-8-17(30-14)15-12-31-21(23-15)24-19(27)16-5-2-3-9-25(16)20(28)18-6-4-10-29-18/h4,6-8,10,12,16H,2-3,5,9,11H2,1H3,(H,22,26)(H,23,24,27). The number of furan rings is 2. The van der Waals surface area contributed by atoms with Crippen LogP contribution in [0, 0.1) is 0 Å². The summed E-state index contributed by atoms with van der Waals surface area (Å²) < 4.78 is 10.9. The molecule has 4 rings (SSSR count). The predicted molar refractivity (Wildman–Crippen MR) is 113 cm³/mol. The van der Waals surface area contributed by atoms with Crippen LogP contribution >= 0.6 is 11.3 Å².